The normalized spacial score (nSPS) is 20.6. The van der Waals surface area contributed by atoms with Crippen LogP contribution < -0.4 is 15.0 Å². The number of methoxy groups -OCH3 is 1. The summed E-state index contributed by atoms with van der Waals surface area (Å²) in [5.74, 6) is -0.226. The SMILES string of the molecule is COc1ccc(C)cc1C1(C)NC(=O)N(CC(=O)N2CC[NH+](C(C)(C)c3cn([C@@H](C)c4ccc(Br)c(C)c4)nn3)CC2)C1=O.F[P-](F)(F)(F)(F)F. The Balaban J connectivity index is 0.000000755. The van der Waals surface area contributed by atoms with E-state index >= 15 is 0 Å². The average Bonchev–Trinajstić information content (AvgIpc) is 3.61. The van der Waals surface area contributed by atoms with Gasteiger partial charge < -0.3 is 19.9 Å². The maximum absolute atomic E-state index is 13.5. The number of imide groups is 1. The molecule has 19 heteroatoms. The molecule has 2 fully saturated rings. The molecule has 0 bridgehead atoms. The van der Waals surface area contributed by atoms with Gasteiger partial charge in [-0.25, -0.2) is 9.48 Å². The third-order valence-corrected chi connectivity index (χ3v) is 10.2. The van der Waals surface area contributed by atoms with Gasteiger partial charge >= 0.3 is 39.0 Å². The summed E-state index contributed by atoms with van der Waals surface area (Å²) in [4.78, 5) is 43.9. The number of halogens is 7. The van der Waals surface area contributed by atoms with Crippen LogP contribution in [0, 0.1) is 13.8 Å². The predicted molar refractivity (Wildman–Crippen MR) is 182 cm³/mol. The molecule has 282 valence electrons. The Morgan fingerprint density at radius 2 is 1.69 bits per heavy atom. The maximum atomic E-state index is 13.5. The van der Waals surface area contributed by atoms with Crippen LogP contribution in [-0.2, 0) is 20.7 Å². The van der Waals surface area contributed by atoms with Crippen LogP contribution in [0.5, 0.6) is 5.75 Å². The number of carbonyl (C=O) groups is 3. The number of piperazine rings is 1. The molecule has 51 heavy (non-hydrogen) atoms. The zero-order valence-corrected chi connectivity index (χ0v) is 31.6. The van der Waals surface area contributed by atoms with E-state index in [1.165, 1.54) is 17.6 Å². The molecule has 2 saturated heterocycles. The number of rotatable bonds is 8. The van der Waals surface area contributed by atoms with Crippen molar-refractivity contribution in [3.8, 4) is 5.75 Å². The minimum absolute atomic E-state index is 0.0303. The van der Waals surface area contributed by atoms with Crippen LogP contribution >= 0.6 is 23.7 Å². The van der Waals surface area contributed by atoms with Crippen LogP contribution in [0.2, 0.25) is 0 Å². The van der Waals surface area contributed by atoms with Gasteiger partial charge in [0, 0.05) is 10.0 Å². The van der Waals surface area contributed by atoms with Crippen LogP contribution in [0.1, 0.15) is 61.7 Å². The van der Waals surface area contributed by atoms with Crippen molar-refractivity contribution < 1.29 is 49.2 Å². The Hall–Kier alpha value is -3.76. The van der Waals surface area contributed by atoms with Gasteiger partial charge in [-0.05, 0) is 70.9 Å². The molecule has 1 aromatic heterocycles. The first-order valence-electron chi connectivity index (χ1n) is 15.9. The zero-order valence-electron chi connectivity index (χ0n) is 29.1. The molecule has 2 aliphatic rings. The molecule has 5 rings (SSSR count). The van der Waals surface area contributed by atoms with Crippen LogP contribution in [-0.4, -0.2) is 82.5 Å². The van der Waals surface area contributed by atoms with Crippen LogP contribution in [0.15, 0.2) is 47.1 Å². The Morgan fingerprint density at radius 1 is 1.08 bits per heavy atom. The Bertz CT molecular complexity index is 1820. The molecule has 2 N–H and O–H groups in total. The second kappa shape index (κ2) is 13.3. The fourth-order valence-electron chi connectivity index (χ4n) is 6.14. The van der Waals surface area contributed by atoms with Crippen molar-refractivity contribution in [3.05, 3.63) is 75.0 Å². The van der Waals surface area contributed by atoms with Gasteiger partial charge in [0.15, 0.2) is 0 Å². The summed E-state index contributed by atoms with van der Waals surface area (Å²) in [5, 5.41) is 11.8. The van der Waals surface area contributed by atoms with E-state index in [0.29, 0.717) is 37.5 Å². The minimum atomic E-state index is -10.7. The number of urea groups is 1. The molecule has 1 unspecified atom stereocenters. The quantitative estimate of drug-likeness (QED) is 0.162. The molecule has 4 amide bonds. The van der Waals surface area contributed by atoms with Crippen molar-refractivity contribution in [1.82, 2.24) is 30.1 Å². The summed E-state index contributed by atoms with van der Waals surface area (Å²) < 4.78 is 67.6. The van der Waals surface area contributed by atoms with Gasteiger partial charge in [-0.3, -0.25) is 14.5 Å². The van der Waals surface area contributed by atoms with Crippen molar-refractivity contribution in [3.63, 3.8) is 0 Å². The van der Waals surface area contributed by atoms with E-state index in [0.717, 1.165) is 26.2 Å². The van der Waals surface area contributed by atoms with Crippen molar-refractivity contribution in [2.45, 2.75) is 58.7 Å². The van der Waals surface area contributed by atoms with Crippen LogP contribution in [0.25, 0.3) is 0 Å². The first kappa shape index (κ1) is 40.0. The Morgan fingerprint density at radius 3 is 2.25 bits per heavy atom. The molecule has 2 aliphatic heterocycles. The van der Waals surface area contributed by atoms with Gasteiger partial charge in [0.25, 0.3) is 5.91 Å². The summed E-state index contributed by atoms with van der Waals surface area (Å²) in [5.41, 5.74) is 3.04. The van der Waals surface area contributed by atoms with E-state index in [1.807, 2.05) is 29.9 Å². The molecule has 0 radical (unpaired) electrons. The molecule has 3 heterocycles. The number of hydrogen-bond donors (Lipinski definition) is 2. The third kappa shape index (κ3) is 9.77. The molecule has 0 saturated carbocycles. The van der Waals surface area contributed by atoms with Gasteiger partial charge in [-0.15, -0.1) is 5.10 Å². The first-order chi connectivity index (χ1) is 23.2. The van der Waals surface area contributed by atoms with Crippen LogP contribution in [0.4, 0.5) is 30.0 Å². The third-order valence-electron chi connectivity index (χ3n) is 9.28. The molecule has 11 nitrogen and oxygen atoms in total. The standard InChI is InChI=1S/C32H40BrN7O4.F6P/c1-20-8-11-26(44-7)24(16-20)32(6)29(42)39(30(43)34-32)19-28(41)37-12-14-38(15-13-37)31(4,5)27-18-40(36-35-27)22(3)23-9-10-25(33)21(2)17-23;1-7(2,3,4,5)6/h8-11,16-18,22H,12-15,19H2,1-7H3,(H,34,43);/q;-1/p+1/t22-,32?;/m0./s1. The monoisotopic (exact) mass is 811 g/mol. The predicted octanol–water partition coefficient (Wildman–Crippen LogP) is 6.09. The van der Waals surface area contributed by atoms with E-state index in [1.54, 1.807) is 17.9 Å². The second-order valence-electron chi connectivity index (χ2n) is 13.5. The number of quaternary nitrogens is 1. The number of ether oxygens (including phenoxy) is 1. The number of hydrogen-bond acceptors (Lipinski definition) is 6. The summed E-state index contributed by atoms with van der Waals surface area (Å²) >= 11 is 3.57. The van der Waals surface area contributed by atoms with Gasteiger partial charge in [0.2, 0.25) is 5.91 Å². The Kier molecular flexibility index (Phi) is 10.5. The van der Waals surface area contributed by atoms with Crippen molar-refractivity contribution >= 4 is 41.6 Å². The molecule has 0 aliphatic carbocycles. The van der Waals surface area contributed by atoms with Crippen molar-refractivity contribution in [2.24, 2.45) is 0 Å². The molecular formula is C32H41BrF6N7O4P. The number of carbonyl (C=O) groups excluding carboxylic acids is 3. The van der Waals surface area contributed by atoms with Gasteiger partial charge in [-0.2, -0.15) is 0 Å². The summed E-state index contributed by atoms with van der Waals surface area (Å²) in [6, 6.07) is 11.2. The van der Waals surface area contributed by atoms with E-state index in [4.69, 9.17) is 4.74 Å². The van der Waals surface area contributed by atoms with Gasteiger partial charge in [0.05, 0.1) is 45.5 Å². The molecule has 3 aromatic rings. The van der Waals surface area contributed by atoms with Crippen LogP contribution in [0.3, 0.4) is 0 Å². The summed E-state index contributed by atoms with van der Waals surface area (Å²) in [6.07, 6.45) is 2.02. The van der Waals surface area contributed by atoms with E-state index in [-0.39, 0.29) is 24.0 Å². The summed E-state index contributed by atoms with van der Waals surface area (Å²) in [6.45, 7) is 14.1. The zero-order chi connectivity index (χ0) is 38.4. The fraction of sp³-hybridized carbons (Fsp3) is 0.469. The Labute approximate surface area is 299 Å². The van der Waals surface area contributed by atoms with E-state index < -0.39 is 25.3 Å². The number of nitrogens with one attached hydrogen (secondary N) is 2. The number of aromatic nitrogens is 3. The molecule has 0 spiro atoms. The molecule has 2 aromatic carbocycles. The average molecular weight is 813 g/mol. The summed E-state index contributed by atoms with van der Waals surface area (Å²) in [7, 11) is -9.13. The topological polar surface area (TPSA) is 114 Å². The molecule has 2 atom stereocenters. The number of aryl methyl sites for hydroxylation is 2. The molecular weight excluding hydrogens is 771 g/mol. The van der Waals surface area contributed by atoms with E-state index in [9.17, 15) is 39.6 Å². The number of amides is 4. The first-order valence-corrected chi connectivity index (χ1v) is 18.7. The van der Waals surface area contributed by atoms with Gasteiger partial charge in [-0.1, -0.05) is 44.9 Å². The van der Waals surface area contributed by atoms with Crippen molar-refractivity contribution in [1.29, 1.82) is 0 Å². The fourth-order valence-corrected chi connectivity index (χ4v) is 6.38. The van der Waals surface area contributed by atoms with E-state index in [2.05, 4.69) is 77.5 Å². The number of nitrogens with zero attached hydrogens (tertiary/aromatic N) is 5. The second-order valence-corrected chi connectivity index (χ2v) is 16.3. The number of benzene rings is 2. The van der Waals surface area contributed by atoms with Gasteiger partial charge in [0.1, 0.15) is 29.1 Å². The van der Waals surface area contributed by atoms with Crippen molar-refractivity contribution in [2.75, 3.05) is 39.8 Å².